The van der Waals surface area contributed by atoms with E-state index in [4.69, 9.17) is 9.15 Å². The van der Waals surface area contributed by atoms with E-state index in [-0.39, 0.29) is 24.3 Å². The first kappa shape index (κ1) is 19.4. The third-order valence-corrected chi connectivity index (χ3v) is 5.49. The van der Waals surface area contributed by atoms with Crippen LogP contribution in [0.1, 0.15) is 28.9 Å². The summed E-state index contributed by atoms with van der Waals surface area (Å²) in [6, 6.07) is 10.6. The summed E-state index contributed by atoms with van der Waals surface area (Å²) in [4.78, 5) is 29.5. The number of benzene rings is 1. The molecule has 4 rings (SSSR count). The van der Waals surface area contributed by atoms with Crippen molar-refractivity contribution in [3.63, 3.8) is 0 Å². The van der Waals surface area contributed by atoms with Gasteiger partial charge in [0.15, 0.2) is 10.8 Å². The molecule has 1 aliphatic rings. The number of para-hydroxylation sites is 1. The number of carbonyl (C=O) groups excluding carboxylic acids is 2. The smallest absolute Gasteiger partial charge is 0.253 e. The number of hydrogen-bond acceptors (Lipinski definition) is 6. The van der Waals surface area contributed by atoms with E-state index in [0.717, 1.165) is 24.5 Å². The molecule has 7 nitrogen and oxygen atoms in total. The number of nitrogens with one attached hydrogen (secondary N) is 2. The molecule has 1 aliphatic heterocycles. The maximum Gasteiger partial charge on any atom is 0.253 e. The zero-order valence-corrected chi connectivity index (χ0v) is 16.5. The van der Waals surface area contributed by atoms with Crippen molar-refractivity contribution in [1.82, 2.24) is 10.3 Å². The summed E-state index contributed by atoms with van der Waals surface area (Å²) in [5.74, 6) is 0.209. The highest BCUT2D eigenvalue weighted by molar-refractivity contribution is 7.13. The van der Waals surface area contributed by atoms with Crippen LogP contribution in [-0.4, -0.2) is 36.1 Å². The fraction of sp³-hybridized carbons (Fsp3) is 0.286. The predicted molar refractivity (Wildman–Crippen MR) is 110 cm³/mol. The number of nitrogens with zero attached hydrogens (tertiary/aromatic N) is 1. The average Bonchev–Trinajstić information content (AvgIpc) is 3.48. The second-order valence-electron chi connectivity index (χ2n) is 6.74. The zero-order chi connectivity index (χ0) is 20.1. The number of thiazole rings is 1. The molecule has 29 heavy (non-hydrogen) atoms. The van der Waals surface area contributed by atoms with Gasteiger partial charge in [0.25, 0.3) is 5.91 Å². The van der Waals surface area contributed by atoms with Crippen LogP contribution in [0.25, 0.3) is 10.8 Å². The van der Waals surface area contributed by atoms with Crippen LogP contribution in [0.3, 0.4) is 0 Å². The molecular weight excluding hydrogens is 390 g/mol. The van der Waals surface area contributed by atoms with E-state index in [1.54, 1.807) is 36.6 Å². The van der Waals surface area contributed by atoms with Gasteiger partial charge in [0, 0.05) is 18.5 Å². The minimum atomic E-state index is -0.235. The van der Waals surface area contributed by atoms with E-state index >= 15 is 0 Å². The second kappa shape index (κ2) is 9.02. The molecule has 0 bridgehead atoms. The topological polar surface area (TPSA) is 93.5 Å². The van der Waals surface area contributed by atoms with Crippen LogP contribution >= 0.6 is 11.3 Å². The quantitative estimate of drug-likeness (QED) is 0.621. The summed E-state index contributed by atoms with van der Waals surface area (Å²) in [6.07, 6.45) is 3.74. The lowest BCUT2D eigenvalue weighted by atomic mass is 10.1. The van der Waals surface area contributed by atoms with Gasteiger partial charge in [0.05, 0.1) is 35.7 Å². The lowest BCUT2D eigenvalue weighted by Crippen LogP contribution is -2.32. The molecule has 8 heteroatoms. The Hall–Kier alpha value is -2.97. The zero-order valence-electron chi connectivity index (χ0n) is 15.7. The molecule has 2 aromatic heterocycles. The van der Waals surface area contributed by atoms with Crippen molar-refractivity contribution >= 4 is 28.8 Å². The van der Waals surface area contributed by atoms with E-state index < -0.39 is 0 Å². The summed E-state index contributed by atoms with van der Waals surface area (Å²) < 4.78 is 10.9. The van der Waals surface area contributed by atoms with Gasteiger partial charge in [0.2, 0.25) is 5.91 Å². The van der Waals surface area contributed by atoms with Crippen LogP contribution in [0, 0.1) is 0 Å². The molecule has 0 unspecified atom stereocenters. The number of aromatic nitrogens is 1. The molecule has 2 N–H and O–H groups in total. The summed E-state index contributed by atoms with van der Waals surface area (Å²) in [7, 11) is 0. The molecule has 2 amide bonds. The Kier molecular flexibility index (Phi) is 6.02. The average molecular weight is 411 g/mol. The van der Waals surface area contributed by atoms with Crippen LogP contribution in [0.4, 0.5) is 5.69 Å². The highest BCUT2D eigenvalue weighted by atomic mass is 32.1. The van der Waals surface area contributed by atoms with Crippen molar-refractivity contribution in [2.75, 3.05) is 18.5 Å². The van der Waals surface area contributed by atoms with Gasteiger partial charge in [-0.15, -0.1) is 11.3 Å². The van der Waals surface area contributed by atoms with E-state index in [9.17, 15) is 9.59 Å². The standard InChI is InChI=1S/C21H21N3O4S/c25-19(11-14-13-29-21(23-14)18-8-4-10-28-18)24-17-7-2-1-6-16(17)20(26)22-12-15-5-3-9-27-15/h1-2,4,6-8,10,13,15H,3,5,9,11-12H2,(H,22,26)(H,24,25)/t15-/m1/s1. The normalized spacial score (nSPS) is 15.9. The largest absolute Gasteiger partial charge is 0.462 e. The molecule has 0 aliphatic carbocycles. The molecular formula is C21H21N3O4S. The fourth-order valence-electron chi connectivity index (χ4n) is 3.16. The minimum Gasteiger partial charge on any atom is -0.462 e. The number of furan rings is 1. The number of rotatable bonds is 7. The van der Waals surface area contributed by atoms with Gasteiger partial charge in [-0.3, -0.25) is 9.59 Å². The molecule has 1 saturated heterocycles. The van der Waals surface area contributed by atoms with Gasteiger partial charge < -0.3 is 19.8 Å². The monoisotopic (exact) mass is 411 g/mol. The fourth-order valence-corrected chi connectivity index (χ4v) is 3.94. The van der Waals surface area contributed by atoms with Gasteiger partial charge in [-0.1, -0.05) is 12.1 Å². The van der Waals surface area contributed by atoms with Crippen molar-refractivity contribution < 1.29 is 18.7 Å². The second-order valence-corrected chi connectivity index (χ2v) is 7.59. The summed E-state index contributed by atoms with van der Waals surface area (Å²) >= 11 is 1.42. The van der Waals surface area contributed by atoms with Crippen LogP contribution in [-0.2, 0) is 16.0 Å². The third kappa shape index (κ3) is 4.90. The Bertz CT molecular complexity index is 977. The van der Waals surface area contributed by atoms with Crippen molar-refractivity contribution in [2.45, 2.75) is 25.4 Å². The predicted octanol–water partition coefficient (Wildman–Crippen LogP) is 3.49. The molecule has 1 atom stereocenters. The van der Waals surface area contributed by atoms with E-state index in [0.29, 0.717) is 29.2 Å². The highest BCUT2D eigenvalue weighted by Gasteiger charge is 2.19. The van der Waals surface area contributed by atoms with Crippen molar-refractivity contribution in [1.29, 1.82) is 0 Å². The van der Waals surface area contributed by atoms with Gasteiger partial charge in [-0.2, -0.15) is 0 Å². The molecule has 0 spiro atoms. The Morgan fingerprint density at radius 2 is 2.10 bits per heavy atom. The summed E-state index contributed by atoms with van der Waals surface area (Å²) in [6.45, 7) is 1.21. The minimum absolute atomic E-state index is 0.0636. The van der Waals surface area contributed by atoms with Gasteiger partial charge in [-0.05, 0) is 37.1 Å². The Labute approximate surface area is 172 Å². The van der Waals surface area contributed by atoms with Gasteiger partial charge >= 0.3 is 0 Å². The molecule has 0 saturated carbocycles. The first-order chi connectivity index (χ1) is 14.2. The highest BCUT2D eigenvalue weighted by Crippen LogP contribution is 2.24. The Balaban J connectivity index is 1.37. The van der Waals surface area contributed by atoms with Crippen LogP contribution < -0.4 is 10.6 Å². The van der Waals surface area contributed by atoms with Crippen molar-refractivity contribution in [3.8, 4) is 10.8 Å². The van der Waals surface area contributed by atoms with Crippen molar-refractivity contribution in [2.24, 2.45) is 0 Å². The summed E-state index contributed by atoms with van der Waals surface area (Å²) in [5.41, 5.74) is 1.55. The maximum absolute atomic E-state index is 12.6. The first-order valence-electron chi connectivity index (χ1n) is 9.46. The van der Waals surface area contributed by atoms with Crippen LogP contribution in [0.15, 0.2) is 52.5 Å². The molecule has 150 valence electrons. The molecule has 3 heterocycles. The number of amides is 2. The van der Waals surface area contributed by atoms with E-state index in [2.05, 4.69) is 15.6 Å². The Morgan fingerprint density at radius 3 is 2.90 bits per heavy atom. The van der Waals surface area contributed by atoms with Crippen LogP contribution in [0.2, 0.25) is 0 Å². The lowest BCUT2D eigenvalue weighted by Gasteiger charge is -2.13. The maximum atomic E-state index is 12.6. The first-order valence-corrected chi connectivity index (χ1v) is 10.3. The van der Waals surface area contributed by atoms with Gasteiger partial charge in [-0.25, -0.2) is 4.98 Å². The van der Waals surface area contributed by atoms with Gasteiger partial charge in [0.1, 0.15) is 0 Å². The van der Waals surface area contributed by atoms with Crippen LogP contribution in [0.5, 0.6) is 0 Å². The molecule has 0 radical (unpaired) electrons. The van der Waals surface area contributed by atoms with E-state index in [1.165, 1.54) is 11.3 Å². The van der Waals surface area contributed by atoms with Crippen molar-refractivity contribution in [3.05, 3.63) is 59.3 Å². The molecule has 1 aromatic carbocycles. The molecule has 3 aromatic rings. The molecule has 1 fully saturated rings. The number of carbonyl (C=O) groups is 2. The third-order valence-electron chi connectivity index (χ3n) is 4.59. The SMILES string of the molecule is O=C(Cc1csc(-c2ccco2)n1)Nc1ccccc1C(=O)NC[C@H]1CCCO1. The Morgan fingerprint density at radius 1 is 1.21 bits per heavy atom. The number of hydrogen-bond donors (Lipinski definition) is 2. The lowest BCUT2D eigenvalue weighted by molar-refractivity contribution is -0.115. The summed E-state index contributed by atoms with van der Waals surface area (Å²) in [5, 5.41) is 8.27. The number of anilines is 1. The number of ether oxygens (including phenoxy) is 1. The van der Waals surface area contributed by atoms with E-state index in [1.807, 2.05) is 11.4 Å².